The van der Waals surface area contributed by atoms with Crippen molar-refractivity contribution in [1.82, 2.24) is 0 Å². The van der Waals surface area contributed by atoms with Crippen LogP contribution >= 0.6 is 15.9 Å². The fraction of sp³-hybridized carbons (Fsp3) is 0.538. The van der Waals surface area contributed by atoms with E-state index in [1.165, 1.54) is 0 Å². The lowest BCUT2D eigenvalue weighted by atomic mass is 10.2. The Balaban J connectivity index is 3.03. The minimum atomic E-state index is -1.78. The van der Waals surface area contributed by atoms with Crippen LogP contribution in [0.2, 0.25) is 18.1 Å². The highest BCUT2D eigenvalue weighted by Crippen LogP contribution is 2.38. The van der Waals surface area contributed by atoms with Gasteiger partial charge in [-0.15, -0.1) is 0 Å². The Morgan fingerprint density at radius 3 is 2.35 bits per heavy atom. The minimum Gasteiger partial charge on any atom is -0.543 e. The summed E-state index contributed by atoms with van der Waals surface area (Å²) in [6, 6.07) is 6.04. The zero-order valence-corrected chi connectivity index (χ0v) is 13.9. The van der Waals surface area contributed by atoms with Crippen LogP contribution in [0.25, 0.3) is 0 Å². The van der Waals surface area contributed by atoms with E-state index in [0.717, 1.165) is 15.8 Å². The zero-order valence-electron chi connectivity index (χ0n) is 11.3. The first kappa shape index (κ1) is 14.7. The number of rotatable bonds is 3. The number of hydrogen-bond acceptors (Lipinski definition) is 2. The lowest BCUT2D eigenvalue weighted by Gasteiger charge is -2.37. The molecule has 0 fully saturated rings. The Bertz CT molecular complexity index is 399. The quantitative estimate of drug-likeness (QED) is 0.844. The third-order valence-electron chi connectivity index (χ3n) is 3.41. The second-order valence-corrected chi connectivity index (χ2v) is 11.5. The normalized spacial score (nSPS) is 12.6. The maximum atomic E-state index is 6.28. The lowest BCUT2D eigenvalue weighted by Crippen LogP contribution is -2.44. The van der Waals surface area contributed by atoms with Crippen LogP contribution in [0.1, 0.15) is 26.3 Å². The van der Waals surface area contributed by atoms with Crippen LogP contribution < -0.4 is 10.2 Å². The first-order valence-electron chi connectivity index (χ1n) is 5.85. The predicted octanol–water partition coefficient (Wildman–Crippen LogP) is 4.29. The van der Waals surface area contributed by atoms with Crippen molar-refractivity contribution in [3.05, 3.63) is 28.2 Å². The highest BCUT2D eigenvalue weighted by Gasteiger charge is 2.39. The van der Waals surface area contributed by atoms with E-state index in [-0.39, 0.29) is 5.04 Å². The van der Waals surface area contributed by atoms with E-state index in [0.29, 0.717) is 6.54 Å². The van der Waals surface area contributed by atoms with E-state index in [9.17, 15) is 0 Å². The summed E-state index contributed by atoms with van der Waals surface area (Å²) in [5, 5.41) is 0.200. The van der Waals surface area contributed by atoms with Gasteiger partial charge >= 0.3 is 0 Å². The molecule has 0 aromatic heterocycles. The van der Waals surface area contributed by atoms with E-state index in [4.69, 9.17) is 10.2 Å². The topological polar surface area (TPSA) is 35.2 Å². The second-order valence-electron chi connectivity index (χ2n) is 5.82. The zero-order chi connectivity index (χ0) is 13.3. The molecule has 0 atom stereocenters. The highest BCUT2D eigenvalue weighted by molar-refractivity contribution is 9.10. The molecule has 17 heavy (non-hydrogen) atoms. The number of hydrogen-bond donors (Lipinski definition) is 1. The fourth-order valence-corrected chi connectivity index (χ4v) is 2.70. The van der Waals surface area contributed by atoms with Gasteiger partial charge in [0.25, 0.3) is 0 Å². The summed E-state index contributed by atoms with van der Waals surface area (Å²) in [5.74, 6) is 0.933. The van der Waals surface area contributed by atoms with Crippen LogP contribution in [-0.4, -0.2) is 8.32 Å². The Morgan fingerprint density at radius 1 is 1.29 bits per heavy atom. The molecule has 0 heterocycles. The largest absolute Gasteiger partial charge is 0.543 e. The molecule has 1 aromatic rings. The molecule has 2 N–H and O–H groups in total. The van der Waals surface area contributed by atoms with E-state index in [1.807, 2.05) is 18.2 Å². The van der Waals surface area contributed by atoms with Crippen molar-refractivity contribution in [1.29, 1.82) is 0 Å². The van der Waals surface area contributed by atoms with Crippen molar-refractivity contribution < 1.29 is 4.43 Å². The van der Waals surface area contributed by atoms with Crippen molar-refractivity contribution in [3.63, 3.8) is 0 Å². The van der Waals surface area contributed by atoms with Gasteiger partial charge in [0.15, 0.2) is 0 Å². The molecular weight excluding hydrogens is 294 g/mol. The van der Waals surface area contributed by atoms with Crippen molar-refractivity contribution in [2.75, 3.05) is 0 Å². The molecule has 1 aromatic carbocycles. The predicted molar refractivity (Wildman–Crippen MR) is 79.9 cm³/mol. The highest BCUT2D eigenvalue weighted by atomic mass is 79.9. The molecule has 0 saturated carbocycles. The molecule has 0 aliphatic rings. The summed E-state index contributed by atoms with van der Waals surface area (Å²) in [5.41, 5.74) is 6.82. The molecule has 4 heteroatoms. The monoisotopic (exact) mass is 315 g/mol. The van der Waals surface area contributed by atoms with Crippen LogP contribution in [0.5, 0.6) is 5.75 Å². The van der Waals surface area contributed by atoms with Crippen LogP contribution in [0, 0.1) is 0 Å². The Hall–Kier alpha value is -0.323. The minimum absolute atomic E-state index is 0.200. The van der Waals surface area contributed by atoms with Crippen molar-refractivity contribution >= 4 is 24.2 Å². The van der Waals surface area contributed by atoms with E-state index in [1.54, 1.807) is 0 Å². The van der Waals surface area contributed by atoms with Gasteiger partial charge in [-0.2, -0.15) is 0 Å². The number of nitrogens with two attached hydrogens (primary N) is 1. The molecular formula is C13H22BrNOSi. The first-order chi connectivity index (χ1) is 7.67. The molecule has 0 amide bonds. The van der Waals surface area contributed by atoms with Gasteiger partial charge in [-0.3, -0.25) is 0 Å². The average Bonchev–Trinajstić information content (AvgIpc) is 2.18. The third-order valence-corrected chi connectivity index (χ3v) is 8.25. The molecule has 0 saturated heterocycles. The van der Waals surface area contributed by atoms with Gasteiger partial charge in [0.05, 0.1) is 0 Å². The van der Waals surface area contributed by atoms with E-state index < -0.39 is 8.32 Å². The molecule has 0 radical (unpaired) electrons. The molecule has 0 unspecified atom stereocenters. The van der Waals surface area contributed by atoms with Crippen molar-refractivity contribution in [2.45, 2.75) is 45.4 Å². The van der Waals surface area contributed by atoms with Crippen LogP contribution in [0.4, 0.5) is 0 Å². The first-order valence-corrected chi connectivity index (χ1v) is 9.55. The van der Waals surface area contributed by atoms with E-state index >= 15 is 0 Å². The molecule has 0 aliphatic heterocycles. The standard InChI is InChI=1S/C13H22BrNOSi/c1-13(2,3)17(4,5)16-12-7-6-11(14)8-10(12)9-15/h6-8H,9,15H2,1-5H3. The summed E-state index contributed by atoms with van der Waals surface area (Å²) in [6.07, 6.45) is 0. The third kappa shape index (κ3) is 3.57. The summed E-state index contributed by atoms with van der Waals surface area (Å²) < 4.78 is 7.32. The Kier molecular flexibility index (Phi) is 4.44. The van der Waals surface area contributed by atoms with Gasteiger partial charge in [-0.1, -0.05) is 36.7 Å². The van der Waals surface area contributed by atoms with Gasteiger partial charge in [-0.25, -0.2) is 0 Å². The van der Waals surface area contributed by atoms with Gasteiger partial charge in [0.2, 0.25) is 8.32 Å². The number of benzene rings is 1. The van der Waals surface area contributed by atoms with Crippen molar-refractivity contribution in [3.8, 4) is 5.75 Å². The summed E-state index contributed by atoms with van der Waals surface area (Å²) in [7, 11) is -1.78. The summed E-state index contributed by atoms with van der Waals surface area (Å²) in [4.78, 5) is 0. The molecule has 0 spiro atoms. The van der Waals surface area contributed by atoms with E-state index in [2.05, 4.69) is 49.8 Å². The lowest BCUT2D eigenvalue weighted by molar-refractivity contribution is 0.487. The SMILES string of the molecule is CC(C)(C)[Si](C)(C)Oc1ccc(Br)cc1CN. The van der Waals surface area contributed by atoms with Crippen molar-refractivity contribution in [2.24, 2.45) is 5.73 Å². The second kappa shape index (κ2) is 5.12. The fourth-order valence-electron chi connectivity index (χ4n) is 1.24. The van der Waals surface area contributed by atoms with Gasteiger partial charge < -0.3 is 10.2 Å². The van der Waals surface area contributed by atoms with Crippen LogP contribution in [-0.2, 0) is 6.54 Å². The average molecular weight is 316 g/mol. The van der Waals surface area contributed by atoms with Gasteiger partial charge in [0.1, 0.15) is 5.75 Å². The van der Waals surface area contributed by atoms with Gasteiger partial charge in [-0.05, 0) is 36.3 Å². The Labute approximate surface area is 114 Å². The molecule has 1 rings (SSSR count). The Morgan fingerprint density at radius 2 is 1.88 bits per heavy atom. The number of halogens is 1. The molecule has 96 valence electrons. The molecule has 0 bridgehead atoms. The maximum Gasteiger partial charge on any atom is 0.250 e. The smallest absolute Gasteiger partial charge is 0.250 e. The van der Waals surface area contributed by atoms with Crippen LogP contribution in [0.3, 0.4) is 0 Å². The van der Waals surface area contributed by atoms with Gasteiger partial charge in [0, 0.05) is 16.6 Å². The molecule has 2 nitrogen and oxygen atoms in total. The maximum absolute atomic E-state index is 6.28. The molecule has 0 aliphatic carbocycles. The van der Waals surface area contributed by atoms with Crippen LogP contribution in [0.15, 0.2) is 22.7 Å². The summed E-state index contributed by atoms with van der Waals surface area (Å²) in [6.45, 7) is 11.7. The summed E-state index contributed by atoms with van der Waals surface area (Å²) >= 11 is 3.46.